The molecule has 1 N–H and O–H groups in total. The van der Waals surface area contributed by atoms with Gasteiger partial charge in [-0.1, -0.05) is 47.3 Å². The molecule has 3 aliphatic rings. The second-order valence-corrected chi connectivity index (χ2v) is 8.66. The van der Waals surface area contributed by atoms with Gasteiger partial charge in [-0.2, -0.15) is 0 Å². The lowest BCUT2D eigenvalue weighted by molar-refractivity contribution is -0.168. The number of nitrogens with zero attached hydrogens (tertiary/aromatic N) is 2. The van der Waals surface area contributed by atoms with Crippen LogP contribution in [-0.2, 0) is 9.59 Å². The van der Waals surface area contributed by atoms with E-state index in [1.165, 1.54) is 6.42 Å². The lowest BCUT2D eigenvalue weighted by atomic mass is 9.73. The lowest BCUT2D eigenvalue weighted by Gasteiger charge is -2.59. The minimum atomic E-state index is -0.180. The normalized spacial score (nSPS) is 29.3. The Kier molecular flexibility index (Phi) is 5.06. The Morgan fingerprint density at radius 3 is 2.50 bits per heavy atom. The number of aliphatic hydroxyl groups excluding tert-OH is 1. The Labute approximate surface area is 162 Å². The fourth-order valence-corrected chi connectivity index (χ4v) is 5.22. The number of amides is 2. The van der Waals surface area contributed by atoms with Crippen LogP contribution in [-0.4, -0.2) is 58.5 Å². The van der Waals surface area contributed by atoms with Gasteiger partial charge in [-0.15, -0.1) is 0 Å². The first-order chi connectivity index (χ1) is 12.6. The van der Waals surface area contributed by atoms with Gasteiger partial charge in [0, 0.05) is 22.9 Å². The van der Waals surface area contributed by atoms with Crippen LogP contribution in [0.3, 0.4) is 0 Å². The molecule has 0 unspecified atom stereocenters. The Balaban J connectivity index is 1.53. The van der Waals surface area contributed by atoms with Crippen LogP contribution in [0.4, 0.5) is 0 Å². The van der Waals surface area contributed by atoms with Crippen molar-refractivity contribution in [3.8, 4) is 0 Å². The van der Waals surface area contributed by atoms with Crippen molar-refractivity contribution in [2.45, 2.75) is 50.1 Å². The first-order valence-corrected chi connectivity index (χ1v) is 10.4. The summed E-state index contributed by atoms with van der Waals surface area (Å²) < 4.78 is 1.01. The van der Waals surface area contributed by atoms with Crippen molar-refractivity contribution in [3.05, 3.63) is 34.3 Å². The first-order valence-electron chi connectivity index (χ1n) is 9.56. The third kappa shape index (κ3) is 3.07. The second kappa shape index (κ2) is 7.31. The third-order valence-electron chi connectivity index (χ3n) is 6.27. The standard InChI is InChI=1S/C20H25BrN2O3/c21-15-8-6-13(7-9-15)19-16-10-22(11-18(25)23(16)17(19)12-24)20(26)14-4-2-1-3-5-14/h6-9,14,16-17,19,24H,1-5,10-12H2/t16-,17-,19-/m0/s1. The number of fused-ring (bicyclic) bond motifs is 1. The van der Waals surface area contributed by atoms with Crippen LogP contribution in [0.1, 0.15) is 43.6 Å². The van der Waals surface area contributed by atoms with Gasteiger partial charge in [-0.05, 0) is 30.5 Å². The molecule has 0 radical (unpaired) electrons. The van der Waals surface area contributed by atoms with E-state index in [1.54, 1.807) is 9.80 Å². The molecule has 4 rings (SSSR count). The maximum Gasteiger partial charge on any atom is 0.242 e. The van der Waals surface area contributed by atoms with Gasteiger partial charge in [-0.3, -0.25) is 9.59 Å². The molecular formula is C20H25BrN2O3. The molecule has 0 bridgehead atoms. The van der Waals surface area contributed by atoms with Gasteiger partial charge in [0.25, 0.3) is 0 Å². The summed E-state index contributed by atoms with van der Waals surface area (Å²) in [6, 6.07) is 7.86. The van der Waals surface area contributed by atoms with Crippen LogP contribution < -0.4 is 0 Å². The van der Waals surface area contributed by atoms with E-state index >= 15 is 0 Å². The van der Waals surface area contributed by atoms with E-state index in [0.29, 0.717) is 6.54 Å². The second-order valence-electron chi connectivity index (χ2n) is 7.75. The van der Waals surface area contributed by atoms with E-state index in [-0.39, 0.29) is 48.9 Å². The van der Waals surface area contributed by atoms with E-state index in [1.807, 2.05) is 24.3 Å². The number of hydrogen-bond donors (Lipinski definition) is 1. The molecule has 140 valence electrons. The zero-order valence-corrected chi connectivity index (χ0v) is 16.4. The van der Waals surface area contributed by atoms with Crippen molar-refractivity contribution >= 4 is 27.7 Å². The Morgan fingerprint density at radius 2 is 1.85 bits per heavy atom. The smallest absolute Gasteiger partial charge is 0.242 e. The molecule has 2 saturated heterocycles. The average molecular weight is 421 g/mol. The zero-order chi connectivity index (χ0) is 18.3. The average Bonchev–Trinajstić information content (AvgIpc) is 2.65. The van der Waals surface area contributed by atoms with E-state index in [9.17, 15) is 14.7 Å². The molecule has 2 heterocycles. The molecule has 1 aromatic rings. The summed E-state index contributed by atoms with van der Waals surface area (Å²) in [4.78, 5) is 29.2. The van der Waals surface area contributed by atoms with Gasteiger partial charge in [0.1, 0.15) is 0 Å². The molecule has 26 heavy (non-hydrogen) atoms. The van der Waals surface area contributed by atoms with E-state index in [4.69, 9.17) is 0 Å². The van der Waals surface area contributed by atoms with E-state index in [0.717, 1.165) is 35.7 Å². The Bertz CT molecular complexity index is 687. The maximum atomic E-state index is 12.9. The molecule has 3 atom stereocenters. The van der Waals surface area contributed by atoms with Crippen LogP contribution in [0.2, 0.25) is 0 Å². The molecule has 0 spiro atoms. The number of carbonyl (C=O) groups is 2. The largest absolute Gasteiger partial charge is 0.394 e. The van der Waals surface area contributed by atoms with Crippen LogP contribution in [0.15, 0.2) is 28.7 Å². The number of aliphatic hydroxyl groups is 1. The molecule has 1 saturated carbocycles. The van der Waals surface area contributed by atoms with Gasteiger partial charge in [0.15, 0.2) is 0 Å². The minimum Gasteiger partial charge on any atom is -0.394 e. The van der Waals surface area contributed by atoms with Gasteiger partial charge in [-0.25, -0.2) is 0 Å². The summed E-state index contributed by atoms with van der Waals surface area (Å²) in [5.74, 6) is 0.291. The fourth-order valence-electron chi connectivity index (χ4n) is 4.96. The molecule has 1 aliphatic carbocycles. The first kappa shape index (κ1) is 18.0. The zero-order valence-electron chi connectivity index (χ0n) is 14.8. The SMILES string of the molecule is O=C(C1CCCCC1)N1CC(=O)N2[C@@H](CO)[C@@H](c3ccc(Br)cc3)[C@@H]2C1. The van der Waals surface area contributed by atoms with Gasteiger partial charge in [0.05, 0.1) is 25.2 Å². The predicted molar refractivity (Wildman–Crippen MR) is 102 cm³/mol. The van der Waals surface area contributed by atoms with Crippen molar-refractivity contribution in [3.63, 3.8) is 0 Å². The van der Waals surface area contributed by atoms with Gasteiger partial charge in [0.2, 0.25) is 11.8 Å². The topological polar surface area (TPSA) is 60.9 Å². The quantitative estimate of drug-likeness (QED) is 0.816. The number of carbonyl (C=O) groups excluding carboxylic acids is 2. The maximum absolute atomic E-state index is 12.9. The lowest BCUT2D eigenvalue weighted by Crippen LogP contribution is -2.73. The van der Waals surface area contributed by atoms with E-state index < -0.39 is 0 Å². The monoisotopic (exact) mass is 420 g/mol. The van der Waals surface area contributed by atoms with Crippen LogP contribution in [0.5, 0.6) is 0 Å². The van der Waals surface area contributed by atoms with Crippen molar-refractivity contribution in [2.75, 3.05) is 19.7 Å². The summed E-state index contributed by atoms with van der Waals surface area (Å²) in [7, 11) is 0. The van der Waals surface area contributed by atoms with Crippen LogP contribution in [0.25, 0.3) is 0 Å². The number of benzene rings is 1. The number of rotatable bonds is 3. The molecule has 6 heteroatoms. The molecule has 5 nitrogen and oxygen atoms in total. The molecule has 2 aliphatic heterocycles. The molecule has 1 aromatic carbocycles. The highest BCUT2D eigenvalue weighted by Gasteiger charge is 2.54. The number of piperazine rings is 1. The summed E-state index contributed by atoms with van der Waals surface area (Å²) in [5.41, 5.74) is 1.12. The third-order valence-corrected chi connectivity index (χ3v) is 6.80. The Hall–Kier alpha value is -1.40. The predicted octanol–water partition coefficient (Wildman–Crippen LogP) is 2.53. The molecular weight excluding hydrogens is 396 g/mol. The van der Waals surface area contributed by atoms with Crippen molar-refractivity contribution in [1.29, 1.82) is 0 Å². The summed E-state index contributed by atoms with van der Waals surface area (Å²) in [6.07, 6.45) is 5.34. The highest BCUT2D eigenvalue weighted by molar-refractivity contribution is 9.10. The summed E-state index contributed by atoms with van der Waals surface area (Å²) >= 11 is 3.45. The van der Waals surface area contributed by atoms with Gasteiger partial charge < -0.3 is 14.9 Å². The van der Waals surface area contributed by atoms with Crippen LogP contribution >= 0.6 is 15.9 Å². The van der Waals surface area contributed by atoms with Crippen molar-refractivity contribution in [2.24, 2.45) is 5.92 Å². The molecule has 3 fully saturated rings. The molecule has 2 amide bonds. The summed E-state index contributed by atoms with van der Waals surface area (Å²) in [6.45, 7) is 0.702. The van der Waals surface area contributed by atoms with Crippen molar-refractivity contribution < 1.29 is 14.7 Å². The van der Waals surface area contributed by atoms with Gasteiger partial charge >= 0.3 is 0 Å². The highest BCUT2D eigenvalue weighted by Crippen LogP contribution is 2.43. The number of hydrogen-bond acceptors (Lipinski definition) is 3. The minimum absolute atomic E-state index is 0.0258. The highest BCUT2D eigenvalue weighted by atomic mass is 79.9. The molecule has 0 aromatic heterocycles. The van der Waals surface area contributed by atoms with E-state index in [2.05, 4.69) is 15.9 Å². The number of halogens is 1. The van der Waals surface area contributed by atoms with Crippen molar-refractivity contribution in [1.82, 2.24) is 9.80 Å². The van der Waals surface area contributed by atoms with Crippen LogP contribution in [0, 0.1) is 5.92 Å². The fraction of sp³-hybridized carbons (Fsp3) is 0.600. The Morgan fingerprint density at radius 1 is 1.15 bits per heavy atom. The summed E-state index contributed by atoms with van der Waals surface area (Å²) in [5, 5.41) is 9.82.